The van der Waals surface area contributed by atoms with Crippen LogP contribution in [0.1, 0.15) is 50.5 Å². The molecule has 0 bridgehead atoms. The molecular weight excluding hydrogens is 393 g/mol. The molecule has 30 heavy (non-hydrogen) atoms. The summed E-state index contributed by atoms with van der Waals surface area (Å²) in [6.07, 6.45) is 5.80. The van der Waals surface area contributed by atoms with E-state index in [1.807, 2.05) is 4.90 Å². The van der Waals surface area contributed by atoms with Gasteiger partial charge in [0.1, 0.15) is 11.0 Å². The van der Waals surface area contributed by atoms with Crippen LogP contribution >= 0.6 is 0 Å². The maximum absolute atomic E-state index is 13.4. The molecule has 3 aliphatic rings. The SMILES string of the molecule is O=C(NC1CCCCC1)C1CN(c2ccc(C(F)(F)F)c3nccnc23)CC12CC2. The number of benzene rings is 1. The molecule has 0 radical (unpaired) electrons. The van der Waals surface area contributed by atoms with E-state index in [1.54, 1.807) is 0 Å². The van der Waals surface area contributed by atoms with Crippen LogP contribution < -0.4 is 10.2 Å². The highest BCUT2D eigenvalue weighted by atomic mass is 19.4. The molecule has 1 aromatic carbocycles. The maximum atomic E-state index is 13.4. The number of nitrogens with one attached hydrogen (secondary N) is 1. The first-order valence-corrected chi connectivity index (χ1v) is 10.7. The molecule has 1 saturated heterocycles. The lowest BCUT2D eigenvalue weighted by atomic mass is 9.90. The number of nitrogens with zero attached hydrogens (tertiary/aromatic N) is 3. The van der Waals surface area contributed by atoms with Crippen LogP contribution in [-0.2, 0) is 11.0 Å². The Morgan fingerprint density at radius 2 is 1.77 bits per heavy atom. The minimum absolute atomic E-state index is 0.0595. The highest BCUT2D eigenvalue weighted by molar-refractivity contribution is 5.92. The van der Waals surface area contributed by atoms with E-state index < -0.39 is 11.7 Å². The molecule has 1 aromatic heterocycles. The number of carbonyl (C=O) groups excluding carboxylic acids is 1. The Bertz CT molecular complexity index is 966. The smallest absolute Gasteiger partial charge is 0.368 e. The summed E-state index contributed by atoms with van der Waals surface area (Å²) in [5.74, 6) is -0.0300. The van der Waals surface area contributed by atoms with Gasteiger partial charge in [0.2, 0.25) is 5.91 Å². The lowest BCUT2D eigenvalue weighted by molar-refractivity contribution is -0.136. The second-order valence-electron chi connectivity index (χ2n) is 9.02. The Kier molecular flexibility index (Phi) is 4.63. The van der Waals surface area contributed by atoms with Crippen LogP contribution in [0.5, 0.6) is 0 Å². The molecule has 1 atom stereocenters. The number of halogens is 3. The van der Waals surface area contributed by atoms with Gasteiger partial charge in [-0.05, 0) is 37.8 Å². The molecule has 5 nitrogen and oxygen atoms in total. The van der Waals surface area contributed by atoms with Crippen molar-refractivity contribution in [3.8, 4) is 0 Å². The summed E-state index contributed by atoms with van der Waals surface area (Å²) in [5.41, 5.74) is -0.0961. The normalized spacial score (nSPS) is 23.8. The van der Waals surface area contributed by atoms with E-state index in [0.717, 1.165) is 44.6 Å². The summed E-state index contributed by atoms with van der Waals surface area (Å²) >= 11 is 0. The summed E-state index contributed by atoms with van der Waals surface area (Å²) < 4.78 is 40.2. The molecule has 2 aromatic rings. The van der Waals surface area contributed by atoms with Gasteiger partial charge in [-0.25, -0.2) is 0 Å². The molecule has 5 rings (SSSR count). The van der Waals surface area contributed by atoms with Crippen molar-refractivity contribution in [2.75, 3.05) is 18.0 Å². The quantitative estimate of drug-likeness (QED) is 0.807. The van der Waals surface area contributed by atoms with Crippen LogP contribution in [0.3, 0.4) is 0 Å². The fraction of sp³-hybridized carbons (Fsp3) is 0.591. The minimum Gasteiger partial charge on any atom is -0.368 e. The van der Waals surface area contributed by atoms with Gasteiger partial charge in [0, 0.05) is 36.9 Å². The van der Waals surface area contributed by atoms with Gasteiger partial charge in [-0.15, -0.1) is 0 Å². The number of hydrogen-bond donors (Lipinski definition) is 1. The molecule has 3 fully saturated rings. The van der Waals surface area contributed by atoms with Gasteiger partial charge in [-0.2, -0.15) is 13.2 Å². The van der Waals surface area contributed by atoms with E-state index in [1.165, 1.54) is 24.9 Å². The molecular formula is C22H25F3N4O. The number of alkyl halides is 3. The summed E-state index contributed by atoms with van der Waals surface area (Å²) in [7, 11) is 0. The molecule has 2 saturated carbocycles. The predicted octanol–water partition coefficient (Wildman–Crippen LogP) is 4.31. The fourth-order valence-corrected chi connectivity index (χ4v) is 5.26. The van der Waals surface area contributed by atoms with Crippen molar-refractivity contribution in [3.63, 3.8) is 0 Å². The molecule has 1 spiro atoms. The third-order valence-electron chi connectivity index (χ3n) is 7.06. The second kappa shape index (κ2) is 7.10. The van der Waals surface area contributed by atoms with Crippen LogP contribution in [0.2, 0.25) is 0 Å². The summed E-state index contributed by atoms with van der Waals surface area (Å²) in [6, 6.07) is 2.83. The second-order valence-corrected chi connectivity index (χ2v) is 9.02. The van der Waals surface area contributed by atoms with Crippen LogP contribution in [0.4, 0.5) is 18.9 Å². The third-order valence-corrected chi connectivity index (χ3v) is 7.06. The minimum atomic E-state index is -4.49. The number of amides is 1. The van der Waals surface area contributed by atoms with Crippen LogP contribution in [0.15, 0.2) is 24.5 Å². The summed E-state index contributed by atoms with van der Waals surface area (Å²) in [5, 5.41) is 3.25. The van der Waals surface area contributed by atoms with Gasteiger partial charge in [0.25, 0.3) is 0 Å². The van der Waals surface area contributed by atoms with Gasteiger partial charge in [-0.1, -0.05) is 19.3 Å². The summed E-state index contributed by atoms with van der Waals surface area (Å²) in [4.78, 5) is 23.3. The number of aromatic nitrogens is 2. The Hall–Kier alpha value is -2.38. The maximum Gasteiger partial charge on any atom is 0.418 e. The topological polar surface area (TPSA) is 58.1 Å². The van der Waals surface area contributed by atoms with Crippen molar-refractivity contribution in [2.45, 2.75) is 57.2 Å². The molecule has 2 aliphatic carbocycles. The van der Waals surface area contributed by atoms with Gasteiger partial charge in [0.05, 0.1) is 17.2 Å². The van der Waals surface area contributed by atoms with Crippen molar-refractivity contribution in [1.82, 2.24) is 15.3 Å². The third kappa shape index (κ3) is 3.40. The first-order valence-electron chi connectivity index (χ1n) is 10.7. The van der Waals surface area contributed by atoms with E-state index in [4.69, 9.17) is 0 Å². The van der Waals surface area contributed by atoms with Crippen molar-refractivity contribution >= 4 is 22.6 Å². The van der Waals surface area contributed by atoms with E-state index in [0.29, 0.717) is 18.8 Å². The van der Waals surface area contributed by atoms with E-state index in [-0.39, 0.29) is 34.3 Å². The highest BCUT2D eigenvalue weighted by Gasteiger charge is 2.58. The molecule has 1 unspecified atom stereocenters. The number of carbonyl (C=O) groups is 1. The van der Waals surface area contributed by atoms with E-state index in [2.05, 4.69) is 15.3 Å². The van der Waals surface area contributed by atoms with Crippen molar-refractivity contribution in [1.29, 1.82) is 0 Å². The van der Waals surface area contributed by atoms with E-state index >= 15 is 0 Å². The number of anilines is 1. The summed E-state index contributed by atoms with van der Waals surface area (Å²) in [6.45, 7) is 1.18. The zero-order valence-corrected chi connectivity index (χ0v) is 16.7. The first kappa shape index (κ1) is 19.6. The Morgan fingerprint density at radius 3 is 2.43 bits per heavy atom. The van der Waals surface area contributed by atoms with Gasteiger partial charge >= 0.3 is 6.18 Å². The number of fused-ring (bicyclic) bond motifs is 1. The fourth-order valence-electron chi connectivity index (χ4n) is 5.26. The Balaban J connectivity index is 1.42. The van der Waals surface area contributed by atoms with Crippen molar-refractivity contribution < 1.29 is 18.0 Å². The van der Waals surface area contributed by atoms with Crippen molar-refractivity contribution in [2.24, 2.45) is 11.3 Å². The molecule has 1 amide bonds. The zero-order chi connectivity index (χ0) is 20.9. The molecule has 1 N–H and O–H groups in total. The number of hydrogen-bond acceptors (Lipinski definition) is 4. The molecule has 1 aliphatic heterocycles. The average molecular weight is 418 g/mol. The van der Waals surface area contributed by atoms with Gasteiger partial charge < -0.3 is 10.2 Å². The largest absolute Gasteiger partial charge is 0.418 e. The predicted molar refractivity (Wildman–Crippen MR) is 107 cm³/mol. The lowest BCUT2D eigenvalue weighted by Crippen LogP contribution is -2.42. The molecule has 160 valence electrons. The Morgan fingerprint density at radius 1 is 1.07 bits per heavy atom. The highest BCUT2D eigenvalue weighted by Crippen LogP contribution is 2.57. The Labute approximate surface area is 173 Å². The lowest BCUT2D eigenvalue weighted by Gasteiger charge is -2.26. The van der Waals surface area contributed by atoms with E-state index in [9.17, 15) is 18.0 Å². The van der Waals surface area contributed by atoms with Crippen molar-refractivity contribution in [3.05, 3.63) is 30.1 Å². The standard InChI is InChI=1S/C22H25F3N4O/c23-22(24,25)15-6-7-17(19-18(15)26-10-11-27-19)29-12-16(21(13-29)8-9-21)20(30)28-14-4-2-1-3-5-14/h6-7,10-11,14,16H,1-5,8-9,12-13H2,(H,28,30). The van der Waals surface area contributed by atoms with Gasteiger partial charge in [-0.3, -0.25) is 14.8 Å². The molecule has 2 heterocycles. The number of rotatable bonds is 3. The van der Waals surface area contributed by atoms with Gasteiger partial charge in [0.15, 0.2) is 0 Å². The van der Waals surface area contributed by atoms with Crippen LogP contribution in [0, 0.1) is 11.3 Å². The van der Waals surface area contributed by atoms with Crippen LogP contribution in [0.25, 0.3) is 11.0 Å². The molecule has 8 heteroatoms. The first-order chi connectivity index (χ1) is 14.4. The average Bonchev–Trinajstić information content (AvgIpc) is 3.39. The van der Waals surface area contributed by atoms with Crippen LogP contribution in [-0.4, -0.2) is 35.0 Å². The monoisotopic (exact) mass is 418 g/mol. The zero-order valence-electron chi connectivity index (χ0n) is 16.7.